The lowest BCUT2D eigenvalue weighted by atomic mass is 9.94. The fourth-order valence-corrected chi connectivity index (χ4v) is 4.09. The second-order valence-electron chi connectivity index (χ2n) is 8.83. The Morgan fingerprint density at radius 2 is 1.24 bits per heavy atom. The Morgan fingerprint density at radius 3 is 1.76 bits per heavy atom. The summed E-state index contributed by atoms with van der Waals surface area (Å²) in [4.78, 5) is 6.50. The second-order valence-corrected chi connectivity index (χ2v) is 8.83. The van der Waals surface area contributed by atoms with Gasteiger partial charge in [0.25, 0.3) is 0 Å². The summed E-state index contributed by atoms with van der Waals surface area (Å²) >= 11 is 0. The summed E-state index contributed by atoms with van der Waals surface area (Å²) in [6.45, 7) is 2.73. The van der Waals surface area contributed by atoms with Crippen molar-refractivity contribution in [1.29, 1.82) is 0 Å². The Bertz CT molecular complexity index is 1380. The van der Waals surface area contributed by atoms with E-state index < -0.39 is 0 Å². The minimum atomic E-state index is -0.274. The van der Waals surface area contributed by atoms with E-state index in [9.17, 15) is 8.78 Å². The number of halogens is 2. The highest BCUT2D eigenvalue weighted by molar-refractivity contribution is 6.07. The smallest absolute Gasteiger partial charge is 0.123 e. The maximum absolute atomic E-state index is 13.7. The van der Waals surface area contributed by atoms with Gasteiger partial charge in [-0.2, -0.15) is 0 Å². The average molecular weight is 493 g/mol. The molecule has 0 aromatic heterocycles. The van der Waals surface area contributed by atoms with Crippen molar-refractivity contribution in [2.75, 3.05) is 25.5 Å². The lowest BCUT2D eigenvalue weighted by molar-refractivity contribution is 0.627. The molecule has 0 unspecified atom stereocenters. The summed E-state index contributed by atoms with van der Waals surface area (Å²) in [5, 5.41) is 0. The van der Waals surface area contributed by atoms with Crippen molar-refractivity contribution in [3.8, 4) is 0 Å². The lowest BCUT2D eigenvalue weighted by Crippen LogP contribution is -2.08. The quantitative estimate of drug-likeness (QED) is 0.305. The fourth-order valence-electron chi connectivity index (χ4n) is 4.09. The van der Waals surface area contributed by atoms with Gasteiger partial charge in [-0.1, -0.05) is 66.8 Å². The first-order valence-corrected chi connectivity index (χ1v) is 12.3. The molecule has 0 heterocycles. The molecule has 3 aromatic rings. The first-order valence-electron chi connectivity index (χ1n) is 12.3. The summed E-state index contributed by atoms with van der Waals surface area (Å²) in [7, 11) is 4.01. The Morgan fingerprint density at radius 1 is 0.730 bits per heavy atom. The Kier molecular flexibility index (Phi) is 8.42. The summed E-state index contributed by atoms with van der Waals surface area (Å²) in [6.07, 6.45) is 14.1. The highest BCUT2D eigenvalue weighted by Gasteiger charge is 2.08. The molecule has 0 atom stereocenters. The standard InChI is InChI=1S/C33H30F2N2/c1-4-36-30-20-12-26(13-21-30)32(24-8-16-28(34)17-9-24)6-5-7-33(25-10-18-29(35)19-11-25)27-14-22-31(23-15-27)37(2)3/h5-23H,4H2,1-3H3. The van der Waals surface area contributed by atoms with Gasteiger partial charge in [-0.25, -0.2) is 8.78 Å². The van der Waals surface area contributed by atoms with Crippen LogP contribution in [0.4, 0.5) is 14.5 Å². The zero-order chi connectivity index (χ0) is 26.2. The van der Waals surface area contributed by atoms with E-state index in [4.69, 9.17) is 0 Å². The van der Waals surface area contributed by atoms with Crippen LogP contribution in [0.5, 0.6) is 0 Å². The Labute approximate surface area is 218 Å². The number of rotatable bonds is 7. The SMILES string of the molecule is CCN=C1C=CC(=C(C=CC=C(c2ccc(F)cc2)c2ccc(N(C)C)cc2)c2ccc(F)cc2)C=C1. The van der Waals surface area contributed by atoms with E-state index in [0.29, 0.717) is 0 Å². The van der Waals surface area contributed by atoms with Crippen molar-refractivity contribution in [3.63, 3.8) is 0 Å². The third-order valence-electron chi connectivity index (χ3n) is 6.05. The molecule has 0 amide bonds. The van der Waals surface area contributed by atoms with E-state index >= 15 is 0 Å². The van der Waals surface area contributed by atoms with Gasteiger partial charge in [0.2, 0.25) is 0 Å². The maximum Gasteiger partial charge on any atom is 0.123 e. The number of anilines is 1. The predicted octanol–water partition coefficient (Wildman–Crippen LogP) is 8.06. The Hall–Kier alpha value is -4.31. The van der Waals surface area contributed by atoms with Gasteiger partial charge in [0, 0.05) is 26.3 Å². The third-order valence-corrected chi connectivity index (χ3v) is 6.05. The van der Waals surface area contributed by atoms with Crippen molar-refractivity contribution < 1.29 is 8.78 Å². The lowest BCUT2D eigenvalue weighted by Gasteiger charge is -2.14. The minimum absolute atomic E-state index is 0.271. The molecule has 186 valence electrons. The summed E-state index contributed by atoms with van der Waals surface area (Å²) in [5.74, 6) is -0.546. The first kappa shape index (κ1) is 25.8. The topological polar surface area (TPSA) is 15.6 Å². The van der Waals surface area contributed by atoms with Crippen LogP contribution in [0.1, 0.15) is 23.6 Å². The normalized spacial score (nSPS) is 13.4. The average Bonchev–Trinajstić information content (AvgIpc) is 2.91. The molecule has 2 nitrogen and oxygen atoms in total. The van der Waals surface area contributed by atoms with Gasteiger partial charge in [0.05, 0.1) is 5.71 Å². The Balaban J connectivity index is 1.77. The van der Waals surface area contributed by atoms with Crippen molar-refractivity contribution in [1.82, 2.24) is 0 Å². The molecule has 1 aliphatic carbocycles. The summed E-state index contributed by atoms with van der Waals surface area (Å²) in [5.41, 5.74) is 7.80. The van der Waals surface area contributed by atoms with Crippen LogP contribution in [0.15, 0.2) is 126 Å². The van der Waals surface area contributed by atoms with E-state index in [2.05, 4.69) is 29.3 Å². The molecular formula is C33H30F2N2. The van der Waals surface area contributed by atoms with E-state index in [-0.39, 0.29) is 11.6 Å². The van der Waals surface area contributed by atoms with Gasteiger partial charge in [0.15, 0.2) is 0 Å². The van der Waals surface area contributed by atoms with E-state index in [0.717, 1.165) is 51.4 Å². The zero-order valence-electron chi connectivity index (χ0n) is 21.3. The molecule has 0 spiro atoms. The maximum atomic E-state index is 13.7. The molecule has 1 aliphatic rings. The molecule has 4 rings (SSSR count). The second kappa shape index (κ2) is 12.1. The molecule has 0 saturated carbocycles. The molecular weight excluding hydrogens is 462 g/mol. The summed E-state index contributed by atoms with van der Waals surface area (Å²) in [6, 6.07) is 21.3. The van der Waals surface area contributed by atoms with E-state index in [1.54, 1.807) is 24.3 Å². The zero-order valence-corrected chi connectivity index (χ0v) is 21.3. The molecule has 4 heteroatoms. The number of hydrogen-bond acceptors (Lipinski definition) is 2. The molecule has 0 radical (unpaired) electrons. The van der Waals surface area contributed by atoms with Crippen molar-refractivity contribution >= 4 is 22.5 Å². The molecule has 3 aromatic carbocycles. The van der Waals surface area contributed by atoms with Gasteiger partial charge in [-0.05, 0) is 88.9 Å². The molecule has 0 bridgehead atoms. The third kappa shape index (κ3) is 6.68. The van der Waals surface area contributed by atoms with Crippen LogP contribution in [0.25, 0.3) is 11.1 Å². The van der Waals surface area contributed by atoms with Crippen molar-refractivity contribution in [2.45, 2.75) is 6.92 Å². The van der Waals surface area contributed by atoms with Gasteiger partial charge in [-0.15, -0.1) is 0 Å². The number of hydrogen-bond donors (Lipinski definition) is 0. The van der Waals surface area contributed by atoms with Crippen LogP contribution < -0.4 is 4.90 Å². The van der Waals surface area contributed by atoms with Crippen LogP contribution >= 0.6 is 0 Å². The number of benzene rings is 3. The highest BCUT2D eigenvalue weighted by Crippen LogP contribution is 2.28. The number of aliphatic imine (C=N–C) groups is 1. The van der Waals surface area contributed by atoms with E-state index in [1.807, 2.05) is 68.5 Å². The molecule has 0 N–H and O–H groups in total. The van der Waals surface area contributed by atoms with Gasteiger partial charge in [-0.3, -0.25) is 4.99 Å². The van der Waals surface area contributed by atoms with Crippen LogP contribution in [0, 0.1) is 11.6 Å². The molecule has 0 saturated heterocycles. The molecule has 0 fully saturated rings. The molecule has 0 aliphatic heterocycles. The minimum Gasteiger partial charge on any atom is -0.378 e. The monoisotopic (exact) mass is 492 g/mol. The van der Waals surface area contributed by atoms with Crippen molar-refractivity contribution in [3.05, 3.63) is 149 Å². The van der Waals surface area contributed by atoms with Gasteiger partial charge >= 0.3 is 0 Å². The summed E-state index contributed by atoms with van der Waals surface area (Å²) < 4.78 is 27.3. The van der Waals surface area contributed by atoms with Gasteiger partial charge in [0.1, 0.15) is 11.6 Å². The highest BCUT2D eigenvalue weighted by atomic mass is 19.1. The number of allylic oxidation sites excluding steroid dienone is 9. The predicted molar refractivity (Wildman–Crippen MR) is 153 cm³/mol. The number of nitrogens with zero attached hydrogens (tertiary/aromatic N) is 2. The molecule has 37 heavy (non-hydrogen) atoms. The largest absolute Gasteiger partial charge is 0.378 e. The van der Waals surface area contributed by atoms with Crippen molar-refractivity contribution in [2.24, 2.45) is 4.99 Å². The van der Waals surface area contributed by atoms with Crippen LogP contribution in [-0.2, 0) is 0 Å². The van der Waals surface area contributed by atoms with Crippen LogP contribution in [0.3, 0.4) is 0 Å². The van der Waals surface area contributed by atoms with Crippen LogP contribution in [0.2, 0.25) is 0 Å². The van der Waals surface area contributed by atoms with Gasteiger partial charge < -0.3 is 4.90 Å². The van der Waals surface area contributed by atoms with Crippen LogP contribution in [-0.4, -0.2) is 26.4 Å². The van der Waals surface area contributed by atoms with E-state index in [1.165, 1.54) is 24.3 Å². The fraction of sp³-hybridized carbons (Fsp3) is 0.121. The first-order chi connectivity index (χ1) is 17.9.